The van der Waals surface area contributed by atoms with Gasteiger partial charge in [0.2, 0.25) is 0 Å². The van der Waals surface area contributed by atoms with E-state index >= 15 is 0 Å². The summed E-state index contributed by atoms with van der Waals surface area (Å²) in [4.78, 5) is 9.27. The summed E-state index contributed by atoms with van der Waals surface area (Å²) in [6.07, 6.45) is 1.96. The second-order valence-electron chi connectivity index (χ2n) is 5.98. The van der Waals surface area contributed by atoms with Crippen molar-refractivity contribution in [3.8, 4) is 11.1 Å². The summed E-state index contributed by atoms with van der Waals surface area (Å²) >= 11 is 0. The van der Waals surface area contributed by atoms with E-state index in [1.165, 1.54) is 22.4 Å². The number of benzene rings is 1. The van der Waals surface area contributed by atoms with Crippen molar-refractivity contribution in [2.75, 3.05) is 38.1 Å². The zero-order valence-corrected chi connectivity index (χ0v) is 13.1. The Labute approximate surface area is 127 Å². The van der Waals surface area contributed by atoms with Crippen LogP contribution in [0.15, 0.2) is 36.5 Å². The molecule has 0 radical (unpaired) electrons. The number of rotatable bonds is 2. The number of pyridine rings is 1. The maximum absolute atomic E-state index is 4.39. The van der Waals surface area contributed by atoms with Crippen molar-refractivity contribution >= 4 is 5.69 Å². The van der Waals surface area contributed by atoms with E-state index in [1.54, 1.807) is 0 Å². The molecule has 0 atom stereocenters. The molecule has 0 amide bonds. The summed E-state index contributed by atoms with van der Waals surface area (Å²) in [5.41, 5.74) is 6.21. The zero-order chi connectivity index (χ0) is 14.8. The minimum absolute atomic E-state index is 1.06. The van der Waals surface area contributed by atoms with Gasteiger partial charge in [0.05, 0.1) is 0 Å². The molecule has 0 spiro atoms. The maximum Gasteiger partial charge on any atom is 0.0397 e. The Hall–Kier alpha value is -1.87. The third-order valence-electron chi connectivity index (χ3n) is 4.29. The highest BCUT2D eigenvalue weighted by Crippen LogP contribution is 2.27. The molecule has 3 heteroatoms. The number of anilines is 1. The molecule has 0 unspecified atom stereocenters. The standard InChI is InChI=1S/C18H23N3/c1-14-12-16(17-5-4-15(2)19-13-17)6-7-18(14)21-10-8-20(3)9-11-21/h4-7,12-13H,8-11H2,1-3H3. The van der Waals surface area contributed by atoms with Crippen molar-refractivity contribution in [3.63, 3.8) is 0 Å². The van der Waals surface area contributed by atoms with Gasteiger partial charge >= 0.3 is 0 Å². The predicted molar refractivity (Wildman–Crippen MR) is 88.9 cm³/mol. The third kappa shape index (κ3) is 3.08. The quantitative estimate of drug-likeness (QED) is 0.843. The van der Waals surface area contributed by atoms with E-state index in [-0.39, 0.29) is 0 Å². The van der Waals surface area contributed by atoms with Crippen LogP contribution in [0.1, 0.15) is 11.3 Å². The molecule has 1 aromatic carbocycles. The van der Waals surface area contributed by atoms with Crippen LogP contribution >= 0.6 is 0 Å². The largest absolute Gasteiger partial charge is 0.369 e. The van der Waals surface area contributed by atoms with Gasteiger partial charge in [-0.05, 0) is 50.2 Å². The van der Waals surface area contributed by atoms with E-state index in [1.807, 2.05) is 13.1 Å². The monoisotopic (exact) mass is 281 g/mol. The first kappa shape index (κ1) is 14.1. The number of hydrogen-bond donors (Lipinski definition) is 0. The highest BCUT2D eigenvalue weighted by atomic mass is 15.2. The molecule has 21 heavy (non-hydrogen) atoms. The van der Waals surface area contributed by atoms with Crippen LogP contribution in [0.4, 0.5) is 5.69 Å². The SMILES string of the molecule is Cc1ccc(-c2ccc(N3CCN(C)CC3)c(C)c2)cn1. The minimum atomic E-state index is 1.06. The van der Waals surface area contributed by atoms with Crippen LogP contribution in [0, 0.1) is 13.8 Å². The normalized spacial score (nSPS) is 16.2. The molecule has 110 valence electrons. The maximum atomic E-state index is 4.39. The second-order valence-corrected chi connectivity index (χ2v) is 5.98. The van der Waals surface area contributed by atoms with Crippen molar-refractivity contribution in [2.45, 2.75) is 13.8 Å². The molecule has 1 saturated heterocycles. The highest BCUT2D eigenvalue weighted by molar-refractivity contribution is 5.68. The van der Waals surface area contributed by atoms with Crippen molar-refractivity contribution in [2.24, 2.45) is 0 Å². The van der Waals surface area contributed by atoms with Gasteiger partial charge in [-0.1, -0.05) is 12.1 Å². The summed E-state index contributed by atoms with van der Waals surface area (Å²) in [6.45, 7) is 8.74. The molecular weight excluding hydrogens is 258 g/mol. The molecule has 2 heterocycles. The Kier molecular flexibility index (Phi) is 3.93. The van der Waals surface area contributed by atoms with Gasteiger partial charge in [0.25, 0.3) is 0 Å². The van der Waals surface area contributed by atoms with Gasteiger partial charge in [-0.2, -0.15) is 0 Å². The smallest absolute Gasteiger partial charge is 0.0397 e. The predicted octanol–water partition coefficient (Wildman–Crippen LogP) is 3.12. The molecule has 2 aromatic rings. The van der Waals surface area contributed by atoms with Gasteiger partial charge in [-0.15, -0.1) is 0 Å². The fourth-order valence-electron chi connectivity index (χ4n) is 2.88. The molecular formula is C18H23N3. The Morgan fingerprint density at radius 2 is 1.62 bits per heavy atom. The van der Waals surface area contributed by atoms with Crippen LogP contribution in [0.2, 0.25) is 0 Å². The third-order valence-corrected chi connectivity index (χ3v) is 4.29. The van der Waals surface area contributed by atoms with Crippen molar-refractivity contribution in [1.82, 2.24) is 9.88 Å². The minimum Gasteiger partial charge on any atom is -0.369 e. The van der Waals surface area contributed by atoms with Gasteiger partial charge in [0, 0.05) is 49.3 Å². The zero-order valence-electron chi connectivity index (χ0n) is 13.1. The number of aromatic nitrogens is 1. The fourth-order valence-corrected chi connectivity index (χ4v) is 2.88. The van der Waals surface area contributed by atoms with Crippen molar-refractivity contribution in [3.05, 3.63) is 47.8 Å². The average molecular weight is 281 g/mol. The molecule has 3 rings (SSSR count). The van der Waals surface area contributed by atoms with E-state index in [4.69, 9.17) is 0 Å². The van der Waals surface area contributed by atoms with Crippen LogP contribution in [0.5, 0.6) is 0 Å². The summed E-state index contributed by atoms with van der Waals surface area (Å²) in [6, 6.07) is 11.0. The van der Waals surface area contributed by atoms with E-state index in [0.29, 0.717) is 0 Å². The lowest BCUT2D eigenvalue weighted by molar-refractivity contribution is 0.312. The second kappa shape index (κ2) is 5.86. The van der Waals surface area contributed by atoms with Crippen LogP contribution in [0.25, 0.3) is 11.1 Å². The number of hydrogen-bond acceptors (Lipinski definition) is 3. The molecule has 3 nitrogen and oxygen atoms in total. The molecule has 0 bridgehead atoms. The molecule has 0 N–H and O–H groups in total. The van der Waals surface area contributed by atoms with Gasteiger partial charge < -0.3 is 9.80 Å². The van der Waals surface area contributed by atoms with Gasteiger partial charge in [0.15, 0.2) is 0 Å². The first-order valence-corrected chi connectivity index (χ1v) is 7.60. The van der Waals surface area contributed by atoms with Crippen molar-refractivity contribution in [1.29, 1.82) is 0 Å². The average Bonchev–Trinajstić information content (AvgIpc) is 2.49. The Morgan fingerprint density at radius 3 is 2.24 bits per heavy atom. The number of nitrogens with zero attached hydrogens (tertiary/aromatic N) is 3. The van der Waals surface area contributed by atoms with Crippen LogP contribution in [0.3, 0.4) is 0 Å². The van der Waals surface area contributed by atoms with E-state index in [2.05, 4.69) is 59.1 Å². The van der Waals surface area contributed by atoms with E-state index < -0.39 is 0 Å². The van der Waals surface area contributed by atoms with Crippen LogP contribution in [-0.4, -0.2) is 43.1 Å². The Morgan fingerprint density at radius 1 is 0.905 bits per heavy atom. The molecule has 1 aliphatic rings. The summed E-state index contributed by atoms with van der Waals surface area (Å²) in [7, 11) is 2.19. The lowest BCUT2D eigenvalue weighted by Gasteiger charge is -2.35. The lowest BCUT2D eigenvalue weighted by atomic mass is 10.0. The lowest BCUT2D eigenvalue weighted by Crippen LogP contribution is -2.44. The fraction of sp³-hybridized carbons (Fsp3) is 0.389. The molecule has 0 aliphatic carbocycles. The first-order chi connectivity index (χ1) is 10.1. The van der Waals surface area contributed by atoms with Gasteiger partial charge in [-0.3, -0.25) is 4.98 Å². The summed E-state index contributed by atoms with van der Waals surface area (Å²) in [5.74, 6) is 0. The van der Waals surface area contributed by atoms with E-state index in [9.17, 15) is 0 Å². The van der Waals surface area contributed by atoms with Gasteiger partial charge in [-0.25, -0.2) is 0 Å². The van der Waals surface area contributed by atoms with Crippen LogP contribution in [-0.2, 0) is 0 Å². The molecule has 1 fully saturated rings. The molecule has 0 saturated carbocycles. The molecule has 1 aromatic heterocycles. The summed E-state index contributed by atoms with van der Waals surface area (Å²) < 4.78 is 0. The first-order valence-electron chi connectivity index (χ1n) is 7.60. The molecule has 1 aliphatic heterocycles. The van der Waals surface area contributed by atoms with Gasteiger partial charge in [0.1, 0.15) is 0 Å². The van der Waals surface area contributed by atoms with Crippen LogP contribution < -0.4 is 4.90 Å². The van der Waals surface area contributed by atoms with Crippen molar-refractivity contribution < 1.29 is 0 Å². The number of piperazine rings is 1. The number of aryl methyl sites for hydroxylation is 2. The Balaban J connectivity index is 1.84. The number of likely N-dealkylation sites (N-methyl/N-ethyl adjacent to an activating group) is 1. The topological polar surface area (TPSA) is 19.4 Å². The van der Waals surface area contributed by atoms with E-state index in [0.717, 1.165) is 31.9 Å². The highest BCUT2D eigenvalue weighted by Gasteiger charge is 2.16. The summed E-state index contributed by atoms with van der Waals surface area (Å²) in [5, 5.41) is 0. The Bertz CT molecular complexity index is 611.